The van der Waals surface area contributed by atoms with Crippen molar-refractivity contribution >= 4 is 12.4 Å². The lowest BCUT2D eigenvalue weighted by atomic mass is 9.66. The first-order valence-corrected chi connectivity index (χ1v) is 7.59. The van der Waals surface area contributed by atoms with Crippen LogP contribution in [-0.2, 0) is 10.2 Å². The van der Waals surface area contributed by atoms with Crippen molar-refractivity contribution in [2.45, 2.75) is 18.3 Å². The third-order valence-electron chi connectivity index (χ3n) is 4.73. The summed E-state index contributed by atoms with van der Waals surface area (Å²) in [6, 6.07) is 13.8. The van der Waals surface area contributed by atoms with E-state index in [0.717, 1.165) is 34.5 Å². The van der Waals surface area contributed by atoms with Crippen LogP contribution in [0.4, 0.5) is 0 Å². The normalized spacial score (nSPS) is 22.3. The number of benzene rings is 2. The Morgan fingerprint density at radius 2 is 1.65 bits per heavy atom. The van der Waals surface area contributed by atoms with E-state index >= 15 is 0 Å². The maximum atomic E-state index is 11.9. The fraction of sp³-hybridized carbons (Fsp3) is 0.250. The van der Waals surface area contributed by atoms with Crippen LogP contribution in [0.25, 0.3) is 6.08 Å². The average Bonchev–Trinajstić information content (AvgIpc) is 2.61. The molecule has 0 saturated carbocycles. The topological polar surface area (TPSA) is 35.5 Å². The summed E-state index contributed by atoms with van der Waals surface area (Å²) in [5.41, 5.74) is 2.78. The van der Waals surface area contributed by atoms with E-state index in [1.54, 1.807) is 14.2 Å². The largest absolute Gasteiger partial charge is 0.497 e. The number of carbonyl (C=O) groups excluding carboxylic acids is 1. The minimum Gasteiger partial charge on any atom is -0.497 e. The molecule has 1 aliphatic rings. The molecule has 0 bridgehead atoms. The van der Waals surface area contributed by atoms with Gasteiger partial charge in [-0.1, -0.05) is 37.3 Å². The summed E-state index contributed by atoms with van der Waals surface area (Å²) in [5, 5.41) is 0. The van der Waals surface area contributed by atoms with Crippen molar-refractivity contribution in [2.24, 2.45) is 0 Å². The first-order valence-electron chi connectivity index (χ1n) is 7.59. The Labute approximate surface area is 136 Å². The highest BCUT2D eigenvalue weighted by Crippen LogP contribution is 2.45. The van der Waals surface area contributed by atoms with E-state index in [0.29, 0.717) is 0 Å². The fourth-order valence-corrected chi connectivity index (χ4v) is 3.24. The van der Waals surface area contributed by atoms with Gasteiger partial charge >= 0.3 is 0 Å². The molecule has 0 amide bonds. The van der Waals surface area contributed by atoms with E-state index in [1.165, 1.54) is 0 Å². The van der Waals surface area contributed by atoms with Gasteiger partial charge < -0.3 is 14.3 Å². The van der Waals surface area contributed by atoms with Crippen LogP contribution in [-0.4, -0.2) is 20.5 Å². The molecular formula is C20H20O3. The van der Waals surface area contributed by atoms with Crippen molar-refractivity contribution in [1.29, 1.82) is 0 Å². The highest BCUT2D eigenvalue weighted by Gasteiger charge is 2.38. The second-order valence-electron chi connectivity index (χ2n) is 5.95. The molecule has 2 aromatic rings. The van der Waals surface area contributed by atoms with Gasteiger partial charge in [-0.05, 0) is 41.0 Å². The zero-order valence-electron chi connectivity index (χ0n) is 13.6. The van der Waals surface area contributed by atoms with Crippen molar-refractivity contribution in [3.63, 3.8) is 0 Å². The van der Waals surface area contributed by atoms with Crippen LogP contribution in [0.5, 0.6) is 11.5 Å². The van der Waals surface area contributed by atoms with Gasteiger partial charge in [0.25, 0.3) is 0 Å². The van der Waals surface area contributed by atoms with E-state index in [4.69, 9.17) is 9.47 Å². The number of allylic oxidation sites excluding steroid dienone is 1. The SMILES string of the molecule is COc1ccc([C@]2(C)C=Cc3cc(OC)ccc3[C@H]2C=O)cc1. The number of methoxy groups -OCH3 is 2. The first-order chi connectivity index (χ1) is 11.1. The number of rotatable bonds is 4. The quantitative estimate of drug-likeness (QED) is 0.802. The summed E-state index contributed by atoms with van der Waals surface area (Å²) in [7, 11) is 3.29. The summed E-state index contributed by atoms with van der Waals surface area (Å²) in [5.74, 6) is 1.37. The molecule has 0 heterocycles. The Balaban J connectivity index is 2.08. The zero-order valence-corrected chi connectivity index (χ0v) is 13.6. The third kappa shape index (κ3) is 2.52. The van der Waals surface area contributed by atoms with Gasteiger partial charge in [0.2, 0.25) is 0 Å². The molecule has 0 unspecified atom stereocenters. The van der Waals surface area contributed by atoms with E-state index in [9.17, 15) is 4.79 Å². The maximum Gasteiger partial charge on any atom is 0.128 e. The number of fused-ring (bicyclic) bond motifs is 1. The van der Waals surface area contributed by atoms with Gasteiger partial charge in [-0.25, -0.2) is 0 Å². The molecule has 2 aromatic carbocycles. The minimum atomic E-state index is -0.379. The summed E-state index contributed by atoms with van der Waals surface area (Å²) in [6.07, 6.45) is 5.22. The van der Waals surface area contributed by atoms with Gasteiger partial charge in [0.15, 0.2) is 0 Å². The van der Waals surface area contributed by atoms with Crippen LogP contribution in [0.3, 0.4) is 0 Å². The number of carbonyl (C=O) groups is 1. The Kier molecular flexibility index (Phi) is 3.95. The Bertz CT molecular complexity index is 746. The van der Waals surface area contributed by atoms with Crippen molar-refractivity contribution in [3.8, 4) is 11.5 Å². The molecule has 0 radical (unpaired) electrons. The summed E-state index contributed by atoms with van der Waals surface area (Å²) in [4.78, 5) is 11.9. The van der Waals surface area contributed by atoms with Crippen LogP contribution in [0, 0.1) is 0 Å². The maximum absolute atomic E-state index is 11.9. The monoisotopic (exact) mass is 308 g/mol. The third-order valence-corrected chi connectivity index (χ3v) is 4.73. The van der Waals surface area contributed by atoms with Gasteiger partial charge in [-0.15, -0.1) is 0 Å². The molecule has 23 heavy (non-hydrogen) atoms. The zero-order chi connectivity index (χ0) is 16.4. The van der Waals surface area contributed by atoms with Crippen molar-refractivity contribution in [1.82, 2.24) is 0 Å². The molecule has 0 N–H and O–H groups in total. The second-order valence-corrected chi connectivity index (χ2v) is 5.95. The van der Waals surface area contributed by atoms with Gasteiger partial charge in [-0.2, -0.15) is 0 Å². The lowest BCUT2D eigenvalue weighted by molar-refractivity contribution is -0.110. The molecule has 118 valence electrons. The summed E-state index contributed by atoms with van der Waals surface area (Å²) < 4.78 is 10.5. The number of hydrogen-bond acceptors (Lipinski definition) is 3. The van der Waals surface area contributed by atoms with Crippen LogP contribution >= 0.6 is 0 Å². The van der Waals surface area contributed by atoms with Gasteiger partial charge in [-0.3, -0.25) is 0 Å². The highest BCUT2D eigenvalue weighted by atomic mass is 16.5. The number of ether oxygens (including phenoxy) is 2. The van der Waals surface area contributed by atoms with E-state index in [1.807, 2.05) is 42.5 Å². The molecule has 0 spiro atoms. The summed E-state index contributed by atoms with van der Waals surface area (Å²) >= 11 is 0. The smallest absolute Gasteiger partial charge is 0.128 e. The van der Waals surface area contributed by atoms with Crippen LogP contribution in [0.15, 0.2) is 48.5 Å². The standard InChI is InChI=1S/C20H20O3/c1-20(15-4-6-16(22-2)7-5-15)11-10-14-12-17(23-3)8-9-18(14)19(20)13-21/h4-13,19H,1-3H3/t19-,20+/m1/s1. The number of hydrogen-bond donors (Lipinski definition) is 0. The molecule has 1 aliphatic carbocycles. The van der Waals surface area contributed by atoms with Crippen molar-refractivity contribution in [2.75, 3.05) is 14.2 Å². The van der Waals surface area contributed by atoms with Gasteiger partial charge in [0.05, 0.1) is 20.1 Å². The lowest BCUT2D eigenvalue weighted by Crippen LogP contribution is -2.32. The van der Waals surface area contributed by atoms with E-state index < -0.39 is 0 Å². The molecule has 0 aliphatic heterocycles. The molecule has 2 atom stereocenters. The predicted octanol–water partition coefficient (Wildman–Crippen LogP) is 3.97. The van der Waals surface area contributed by atoms with Crippen LogP contribution in [0.1, 0.15) is 29.5 Å². The molecule has 3 heteroatoms. The second kappa shape index (κ2) is 5.92. The Morgan fingerprint density at radius 3 is 2.26 bits per heavy atom. The van der Waals surface area contributed by atoms with Crippen LogP contribution < -0.4 is 9.47 Å². The van der Waals surface area contributed by atoms with Gasteiger partial charge in [0, 0.05) is 5.41 Å². The minimum absolute atomic E-state index is 0.234. The molecule has 0 saturated heterocycles. The molecule has 0 fully saturated rings. The van der Waals surface area contributed by atoms with Crippen molar-refractivity contribution in [3.05, 3.63) is 65.2 Å². The highest BCUT2D eigenvalue weighted by molar-refractivity contribution is 5.76. The Hall–Kier alpha value is -2.55. The summed E-state index contributed by atoms with van der Waals surface area (Å²) in [6.45, 7) is 2.09. The van der Waals surface area contributed by atoms with E-state index in [2.05, 4.69) is 19.1 Å². The molecular weight excluding hydrogens is 288 g/mol. The molecule has 3 nitrogen and oxygen atoms in total. The van der Waals surface area contributed by atoms with E-state index in [-0.39, 0.29) is 11.3 Å². The predicted molar refractivity (Wildman–Crippen MR) is 91.2 cm³/mol. The molecule has 0 aromatic heterocycles. The van der Waals surface area contributed by atoms with Crippen LogP contribution in [0.2, 0.25) is 0 Å². The molecule has 3 rings (SSSR count). The lowest BCUT2D eigenvalue weighted by Gasteiger charge is -2.36. The Morgan fingerprint density at radius 1 is 1.00 bits per heavy atom. The number of aldehydes is 1. The average molecular weight is 308 g/mol. The first kappa shape index (κ1) is 15.3. The van der Waals surface area contributed by atoms with Gasteiger partial charge in [0.1, 0.15) is 17.8 Å². The van der Waals surface area contributed by atoms with Crippen molar-refractivity contribution < 1.29 is 14.3 Å². The fourth-order valence-electron chi connectivity index (χ4n) is 3.24.